The second kappa shape index (κ2) is 7.53. The summed E-state index contributed by atoms with van der Waals surface area (Å²) in [7, 11) is 1.61. The Kier molecular flexibility index (Phi) is 6.35. The molecule has 2 unspecified atom stereocenters. The number of carbonyl (C=O) groups excluding carboxylic acids is 1. The van der Waals surface area contributed by atoms with Gasteiger partial charge >= 0.3 is 0 Å². The van der Waals surface area contributed by atoms with Gasteiger partial charge in [0.25, 0.3) is 5.91 Å². The van der Waals surface area contributed by atoms with Crippen molar-refractivity contribution in [2.45, 2.75) is 39.7 Å². The molecule has 0 aromatic heterocycles. The lowest BCUT2D eigenvalue weighted by atomic mass is 10.00. The molecule has 0 radical (unpaired) electrons. The molecule has 1 amide bonds. The minimum Gasteiger partial charge on any atom is -0.496 e. The molecule has 0 aliphatic rings. The van der Waals surface area contributed by atoms with E-state index in [-0.39, 0.29) is 11.9 Å². The quantitative estimate of drug-likeness (QED) is 0.857. The van der Waals surface area contributed by atoms with Crippen LogP contribution in [0.25, 0.3) is 0 Å². The molecule has 106 valence electrons. The van der Waals surface area contributed by atoms with Crippen molar-refractivity contribution in [1.82, 2.24) is 5.32 Å². The predicted molar refractivity (Wildman–Crippen MR) is 81.7 cm³/mol. The number of carbonyl (C=O) groups is 1. The van der Waals surface area contributed by atoms with E-state index in [0.717, 1.165) is 23.1 Å². The molecule has 1 rings (SSSR count). The van der Waals surface area contributed by atoms with Gasteiger partial charge in [0.05, 0.1) is 11.6 Å². The minimum absolute atomic E-state index is 0.0424. The van der Waals surface area contributed by atoms with Crippen LogP contribution in [-0.2, 0) is 0 Å². The van der Waals surface area contributed by atoms with Crippen LogP contribution >= 0.6 is 15.9 Å². The molecule has 2 atom stereocenters. The van der Waals surface area contributed by atoms with Crippen LogP contribution in [0.3, 0.4) is 0 Å². The second-order valence-corrected chi connectivity index (χ2v) is 5.83. The molecule has 0 saturated carbocycles. The summed E-state index contributed by atoms with van der Waals surface area (Å²) in [6.07, 6.45) is 2.13. The molecule has 0 aliphatic heterocycles. The number of hydrogen-bond acceptors (Lipinski definition) is 2. The molecule has 0 spiro atoms. The lowest BCUT2D eigenvalue weighted by Crippen LogP contribution is -2.33. The summed E-state index contributed by atoms with van der Waals surface area (Å²) in [6.45, 7) is 6.41. The van der Waals surface area contributed by atoms with Crippen molar-refractivity contribution in [2.24, 2.45) is 5.92 Å². The van der Waals surface area contributed by atoms with Gasteiger partial charge in [-0.2, -0.15) is 0 Å². The lowest BCUT2D eigenvalue weighted by molar-refractivity contribution is 0.0935. The van der Waals surface area contributed by atoms with Crippen molar-refractivity contribution < 1.29 is 9.53 Å². The zero-order valence-corrected chi connectivity index (χ0v) is 13.6. The van der Waals surface area contributed by atoms with Crippen LogP contribution in [0.4, 0.5) is 0 Å². The molecular weight excluding hydrogens is 306 g/mol. The Morgan fingerprint density at radius 1 is 1.42 bits per heavy atom. The van der Waals surface area contributed by atoms with Crippen molar-refractivity contribution >= 4 is 21.8 Å². The monoisotopic (exact) mass is 327 g/mol. The molecule has 0 fully saturated rings. The standard InChI is InChI=1S/C15H22BrNO2/c1-5-10(2)8-11(3)17-15(18)12-6-7-14(19-4)13(16)9-12/h6-7,9-11H,5,8H2,1-4H3,(H,17,18). The van der Waals surface area contributed by atoms with Crippen molar-refractivity contribution in [2.75, 3.05) is 7.11 Å². The van der Waals surface area contributed by atoms with Crippen LogP contribution in [0.15, 0.2) is 22.7 Å². The first-order chi connectivity index (χ1) is 8.97. The fourth-order valence-electron chi connectivity index (χ4n) is 1.94. The zero-order valence-electron chi connectivity index (χ0n) is 12.0. The van der Waals surface area contributed by atoms with Gasteiger partial charge < -0.3 is 10.1 Å². The summed E-state index contributed by atoms with van der Waals surface area (Å²) in [5.74, 6) is 1.31. The first-order valence-corrected chi connectivity index (χ1v) is 7.41. The third-order valence-electron chi connectivity index (χ3n) is 3.24. The van der Waals surface area contributed by atoms with Crippen LogP contribution in [0.2, 0.25) is 0 Å². The summed E-state index contributed by atoms with van der Waals surface area (Å²) in [4.78, 5) is 12.1. The van der Waals surface area contributed by atoms with Crippen LogP contribution in [0.1, 0.15) is 44.0 Å². The van der Waals surface area contributed by atoms with Gasteiger partial charge in [0.1, 0.15) is 5.75 Å². The number of rotatable bonds is 6. The highest BCUT2D eigenvalue weighted by molar-refractivity contribution is 9.10. The Balaban J connectivity index is 2.65. The van der Waals surface area contributed by atoms with Crippen molar-refractivity contribution in [3.63, 3.8) is 0 Å². The van der Waals surface area contributed by atoms with Crippen molar-refractivity contribution in [3.05, 3.63) is 28.2 Å². The summed E-state index contributed by atoms with van der Waals surface area (Å²) in [5, 5.41) is 3.03. The van der Waals surface area contributed by atoms with Crippen molar-refractivity contribution in [3.8, 4) is 5.75 Å². The van der Waals surface area contributed by atoms with Crippen LogP contribution < -0.4 is 10.1 Å². The maximum atomic E-state index is 12.1. The van der Waals surface area contributed by atoms with E-state index in [9.17, 15) is 4.79 Å². The largest absolute Gasteiger partial charge is 0.496 e. The van der Waals surface area contributed by atoms with Crippen LogP contribution in [0.5, 0.6) is 5.75 Å². The molecule has 0 heterocycles. The fraction of sp³-hybridized carbons (Fsp3) is 0.533. The molecule has 3 nitrogen and oxygen atoms in total. The normalized spacial score (nSPS) is 13.7. The predicted octanol–water partition coefficient (Wildman–Crippen LogP) is 4.01. The molecule has 0 aliphatic carbocycles. The van der Waals surface area contributed by atoms with E-state index in [2.05, 4.69) is 35.1 Å². The van der Waals surface area contributed by atoms with E-state index in [4.69, 9.17) is 4.74 Å². The Morgan fingerprint density at radius 3 is 2.63 bits per heavy atom. The lowest BCUT2D eigenvalue weighted by Gasteiger charge is -2.17. The number of methoxy groups -OCH3 is 1. The SMILES string of the molecule is CCC(C)CC(C)NC(=O)c1ccc(OC)c(Br)c1. The summed E-state index contributed by atoms with van der Waals surface area (Å²) < 4.78 is 5.94. The highest BCUT2D eigenvalue weighted by atomic mass is 79.9. The van der Waals surface area contributed by atoms with Crippen molar-refractivity contribution in [1.29, 1.82) is 0 Å². The third-order valence-corrected chi connectivity index (χ3v) is 3.86. The smallest absolute Gasteiger partial charge is 0.251 e. The molecule has 0 saturated heterocycles. The molecule has 1 aromatic carbocycles. The van der Waals surface area contributed by atoms with Gasteiger partial charge in [0, 0.05) is 11.6 Å². The van der Waals surface area contributed by atoms with Gasteiger partial charge in [-0.25, -0.2) is 0 Å². The topological polar surface area (TPSA) is 38.3 Å². The first kappa shape index (κ1) is 16.0. The average molecular weight is 328 g/mol. The van der Waals surface area contributed by atoms with E-state index >= 15 is 0 Å². The fourth-order valence-corrected chi connectivity index (χ4v) is 2.48. The van der Waals surface area contributed by atoms with Gasteiger partial charge in [0.2, 0.25) is 0 Å². The van der Waals surface area contributed by atoms with E-state index in [1.54, 1.807) is 25.3 Å². The average Bonchev–Trinajstić information content (AvgIpc) is 2.38. The third kappa shape index (κ3) is 4.86. The first-order valence-electron chi connectivity index (χ1n) is 6.62. The summed E-state index contributed by atoms with van der Waals surface area (Å²) in [5.41, 5.74) is 0.642. The number of hydrogen-bond donors (Lipinski definition) is 1. The highest BCUT2D eigenvalue weighted by Crippen LogP contribution is 2.25. The maximum Gasteiger partial charge on any atom is 0.251 e. The van der Waals surface area contributed by atoms with Gasteiger partial charge in [0.15, 0.2) is 0 Å². The van der Waals surface area contributed by atoms with Gasteiger partial charge in [-0.15, -0.1) is 0 Å². The Bertz CT molecular complexity index is 434. The molecule has 1 N–H and O–H groups in total. The molecule has 1 aromatic rings. The van der Waals surface area contributed by atoms with E-state index in [1.165, 1.54) is 0 Å². The zero-order chi connectivity index (χ0) is 14.4. The molecule has 4 heteroatoms. The highest BCUT2D eigenvalue weighted by Gasteiger charge is 2.13. The Labute approximate surface area is 123 Å². The summed E-state index contributed by atoms with van der Waals surface area (Å²) in [6, 6.07) is 5.53. The maximum absolute atomic E-state index is 12.1. The second-order valence-electron chi connectivity index (χ2n) is 4.97. The Hall–Kier alpha value is -1.03. The molecule has 19 heavy (non-hydrogen) atoms. The van der Waals surface area contributed by atoms with Gasteiger partial charge in [-0.05, 0) is 53.4 Å². The molecule has 0 bridgehead atoms. The van der Waals surface area contributed by atoms with E-state index in [1.807, 2.05) is 6.92 Å². The number of halogens is 1. The van der Waals surface area contributed by atoms with E-state index < -0.39 is 0 Å². The number of amides is 1. The minimum atomic E-state index is -0.0424. The van der Waals surface area contributed by atoms with Crippen LogP contribution in [-0.4, -0.2) is 19.1 Å². The number of nitrogens with one attached hydrogen (secondary N) is 1. The number of benzene rings is 1. The van der Waals surface area contributed by atoms with Gasteiger partial charge in [-0.3, -0.25) is 4.79 Å². The molecular formula is C15H22BrNO2. The summed E-state index contributed by atoms with van der Waals surface area (Å²) >= 11 is 3.39. The van der Waals surface area contributed by atoms with Gasteiger partial charge in [-0.1, -0.05) is 20.3 Å². The Morgan fingerprint density at radius 2 is 2.11 bits per heavy atom. The number of ether oxygens (including phenoxy) is 1. The van der Waals surface area contributed by atoms with Crippen LogP contribution in [0, 0.1) is 5.92 Å². The van der Waals surface area contributed by atoms with E-state index in [0.29, 0.717) is 11.5 Å².